The summed E-state index contributed by atoms with van der Waals surface area (Å²) in [7, 11) is 0. The molecule has 0 saturated carbocycles. The van der Waals surface area contributed by atoms with Crippen LogP contribution in [0.5, 0.6) is 0 Å². The van der Waals surface area contributed by atoms with E-state index in [1.807, 2.05) is 30.3 Å². The molecule has 1 saturated heterocycles. The maximum Gasteiger partial charge on any atom is 0.321 e. The Kier molecular flexibility index (Phi) is 6.67. The van der Waals surface area contributed by atoms with E-state index >= 15 is 0 Å². The molecule has 28 heavy (non-hydrogen) atoms. The highest BCUT2D eigenvalue weighted by atomic mass is 16.3. The van der Waals surface area contributed by atoms with E-state index in [9.17, 15) is 14.4 Å². The van der Waals surface area contributed by atoms with E-state index in [0.29, 0.717) is 25.9 Å². The first-order valence-corrected chi connectivity index (χ1v) is 9.34. The number of carbonyl (C=O) groups excluding carboxylic acids is 3. The standard InChI is InChI=1S/C20H24N4O4/c25-18(8-11-21-19(26)17-7-4-14-28-17)22-16-9-12-24(13-10-16)20(27)23-15-5-2-1-3-6-15/h1-7,14,16H,8-13H2,(H,21,26)(H,22,25)(H,23,27). The van der Waals surface area contributed by atoms with Crippen LogP contribution in [0.15, 0.2) is 53.1 Å². The zero-order chi connectivity index (χ0) is 19.8. The van der Waals surface area contributed by atoms with Crippen molar-refractivity contribution in [2.75, 3.05) is 25.0 Å². The van der Waals surface area contributed by atoms with Gasteiger partial charge in [0.05, 0.1) is 6.26 Å². The molecule has 3 rings (SSSR count). The van der Waals surface area contributed by atoms with E-state index in [2.05, 4.69) is 16.0 Å². The molecule has 0 radical (unpaired) electrons. The van der Waals surface area contributed by atoms with Gasteiger partial charge in [0, 0.05) is 37.8 Å². The molecule has 1 aromatic heterocycles. The second-order valence-corrected chi connectivity index (χ2v) is 6.61. The van der Waals surface area contributed by atoms with E-state index < -0.39 is 0 Å². The fourth-order valence-electron chi connectivity index (χ4n) is 3.04. The molecule has 148 valence electrons. The molecule has 8 nitrogen and oxygen atoms in total. The van der Waals surface area contributed by atoms with Crippen molar-refractivity contribution in [3.05, 3.63) is 54.5 Å². The minimum Gasteiger partial charge on any atom is -0.459 e. The molecule has 2 aromatic rings. The third-order valence-corrected chi connectivity index (χ3v) is 4.55. The Morgan fingerprint density at radius 2 is 1.79 bits per heavy atom. The lowest BCUT2D eigenvalue weighted by Crippen LogP contribution is -2.48. The number of para-hydroxylation sites is 1. The van der Waals surface area contributed by atoms with Gasteiger partial charge in [0.25, 0.3) is 5.91 Å². The predicted octanol–water partition coefficient (Wildman–Crippen LogP) is 2.21. The number of nitrogens with one attached hydrogen (secondary N) is 3. The molecular weight excluding hydrogens is 360 g/mol. The maximum atomic E-state index is 12.3. The van der Waals surface area contributed by atoms with Crippen molar-refractivity contribution >= 4 is 23.5 Å². The topological polar surface area (TPSA) is 104 Å². The van der Waals surface area contributed by atoms with Crippen molar-refractivity contribution < 1.29 is 18.8 Å². The van der Waals surface area contributed by atoms with Gasteiger partial charge in [-0.15, -0.1) is 0 Å². The lowest BCUT2D eigenvalue weighted by Gasteiger charge is -2.32. The van der Waals surface area contributed by atoms with Crippen LogP contribution >= 0.6 is 0 Å². The highest BCUT2D eigenvalue weighted by Crippen LogP contribution is 2.13. The zero-order valence-electron chi connectivity index (χ0n) is 15.5. The van der Waals surface area contributed by atoms with Crippen molar-refractivity contribution in [1.29, 1.82) is 0 Å². The third-order valence-electron chi connectivity index (χ3n) is 4.55. The number of piperidine rings is 1. The van der Waals surface area contributed by atoms with Gasteiger partial charge < -0.3 is 25.3 Å². The van der Waals surface area contributed by atoms with Crippen molar-refractivity contribution in [1.82, 2.24) is 15.5 Å². The number of rotatable bonds is 6. The van der Waals surface area contributed by atoms with E-state index in [-0.39, 0.29) is 42.6 Å². The summed E-state index contributed by atoms with van der Waals surface area (Å²) in [6, 6.07) is 12.4. The van der Waals surface area contributed by atoms with Crippen molar-refractivity contribution in [2.45, 2.75) is 25.3 Å². The summed E-state index contributed by atoms with van der Waals surface area (Å²) < 4.78 is 4.99. The van der Waals surface area contributed by atoms with E-state index in [1.54, 1.807) is 17.0 Å². The number of hydrogen-bond donors (Lipinski definition) is 3. The Labute approximate surface area is 163 Å². The van der Waals surface area contributed by atoms with E-state index in [4.69, 9.17) is 4.42 Å². The quantitative estimate of drug-likeness (QED) is 0.710. The number of anilines is 1. The third kappa shape index (κ3) is 5.60. The summed E-state index contributed by atoms with van der Waals surface area (Å²) in [4.78, 5) is 37.8. The average molecular weight is 384 g/mol. The molecule has 0 unspecified atom stereocenters. The molecule has 1 aromatic carbocycles. The number of urea groups is 1. The van der Waals surface area contributed by atoms with Crippen LogP contribution in [0.1, 0.15) is 29.8 Å². The summed E-state index contributed by atoms with van der Waals surface area (Å²) in [5.41, 5.74) is 0.763. The van der Waals surface area contributed by atoms with Crippen LogP contribution in [0.2, 0.25) is 0 Å². The van der Waals surface area contributed by atoms with Gasteiger partial charge in [-0.25, -0.2) is 4.79 Å². The fraction of sp³-hybridized carbons (Fsp3) is 0.350. The van der Waals surface area contributed by atoms with Crippen molar-refractivity contribution in [3.63, 3.8) is 0 Å². The van der Waals surface area contributed by atoms with E-state index in [0.717, 1.165) is 5.69 Å². The molecule has 2 heterocycles. The highest BCUT2D eigenvalue weighted by molar-refractivity contribution is 5.91. The number of carbonyl (C=O) groups is 3. The van der Waals surface area contributed by atoms with Gasteiger partial charge in [-0.05, 0) is 37.1 Å². The lowest BCUT2D eigenvalue weighted by atomic mass is 10.1. The molecular formula is C20H24N4O4. The molecule has 0 bridgehead atoms. The summed E-state index contributed by atoms with van der Waals surface area (Å²) in [6.45, 7) is 1.40. The fourth-order valence-corrected chi connectivity index (χ4v) is 3.04. The van der Waals surface area contributed by atoms with Gasteiger partial charge in [-0.1, -0.05) is 18.2 Å². The van der Waals surface area contributed by atoms with Gasteiger partial charge >= 0.3 is 6.03 Å². The smallest absolute Gasteiger partial charge is 0.321 e. The van der Waals surface area contributed by atoms with Crippen LogP contribution < -0.4 is 16.0 Å². The molecule has 8 heteroatoms. The molecule has 0 aliphatic carbocycles. The van der Waals surface area contributed by atoms with Gasteiger partial charge in [0.15, 0.2) is 5.76 Å². The Morgan fingerprint density at radius 1 is 1.04 bits per heavy atom. The summed E-state index contributed by atoms with van der Waals surface area (Å²) >= 11 is 0. The number of benzene rings is 1. The minimum atomic E-state index is -0.337. The first-order chi connectivity index (χ1) is 13.6. The van der Waals surface area contributed by atoms with Gasteiger partial charge in [-0.3, -0.25) is 9.59 Å². The lowest BCUT2D eigenvalue weighted by molar-refractivity contribution is -0.121. The van der Waals surface area contributed by atoms with Crippen LogP contribution in [0, 0.1) is 0 Å². The Bertz CT molecular complexity index is 784. The van der Waals surface area contributed by atoms with Crippen LogP contribution in [-0.2, 0) is 4.79 Å². The monoisotopic (exact) mass is 384 g/mol. The SMILES string of the molecule is O=C(CCNC(=O)c1ccco1)NC1CCN(C(=O)Nc2ccccc2)CC1. The van der Waals surface area contributed by atoms with Crippen molar-refractivity contribution in [3.8, 4) is 0 Å². The van der Waals surface area contributed by atoms with Crippen LogP contribution in [0.3, 0.4) is 0 Å². The Hall–Kier alpha value is -3.29. The first-order valence-electron chi connectivity index (χ1n) is 9.34. The second kappa shape index (κ2) is 9.59. The largest absolute Gasteiger partial charge is 0.459 e. The molecule has 0 atom stereocenters. The Morgan fingerprint density at radius 3 is 2.46 bits per heavy atom. The molecule has 1 aliphatic rings. The summed E-state index contributed by atoms with van der Waals surface area (Å²) in [5.74, 6) is -0.232. The molecule has 1 aliphatic heterocycles. The summed E-state index contributed by atoms with van der Waals surface area (Å²) in [5, 5.41) is 8.48. The number of likely N-dealkylation sites (tertiary alicyclic amines) is 1. The van der Waals surface area contributed by atoms with Gasteiger partial charge in [0.1, 0.15) is 0 Å². The molecule has 4 amide bonds. The van der Waals surface area contributed by atoms with Crippen LogP contribution in [0.25, 0.3) is 0 Å². The van der Waals surface area contributed by atoms with Gasteiger partial charge in [-0.2, -0.15) is 0 Å². The number of nitrogens with zero attached hydrogens (tertiary/aromatic N) is 1. The highest BCUT2D eigenvalue weighted by Gasteiger charge is 2.23. The molecule has 1 fully saturated rings. The Balaban J connectivity index is 1.33. The maximum absolute atomic E-state index is 12.3. The normalized spacial score (nSPS) is 14.4. The molecule has 0 spiro atoms. The second-order valence-electron chi connectivity index (χ2n) is 6.61. The van der Waals surface area contributed by atoms with Crippen molar-refractivity contribution in [2.24, 2.45) is 0 Å². The number of hydrogen-bond acceptors (Lipinski definition) is 4. The van der Waals surface area contributed by atoms with E-state index in [1.165, 1.54) is 6.26 Å². The predicted molar refractivity (Wildman–Crippen MR) is 104 cm³/mol. The van der Waals surface area contributed by atoms with Crippen LogP contribution in [-0.4, -0.2) is 48.4 Å². The number of amides is 4. The first kappa shape index (κ1) is 19.5. The zero-order valence-corrected chi connectivity index (χ0v) is 15.5. The summed E-state index contributed by atoms with van der Waals surface area (Å²) in [6.07, 6.45) is 3.02. The van der Waals surface area contributed by atoms with Crippen LogP contribution in [0.4, 0.5) is 10.5 Å². The minimum absolute atomic E-state index is 0.0362. The number of furan rings is 1. The average Bonchev–Trinajstić information content (AvgIpc) is 3.24. The molecule has 3 N–H and O–H groups in total. The van der Waals surface area contributed by atoms with Gasteiger partial charge in [0.2, 0.25) is 5.91 Å².